The molecule has 0 heterocycles. The van der Waals surface area contributed by atoms with E-state index in [-0.39, 0.29) is 17.7 Å². The summed E-state index contributed by atoms with van der Waals surface area (Å²) in [6.45, 7) is 1.87. The number of rotatable bonds is 5. The van der Waals surface area contributed by atoms with Gasteiger partial charge in [-0.2, -0.15) is 0 Å². The molecule has 0 saturated heterocycles. The van der Waals surface area contributed by atoms with Crippen molar-refractivity contribution in [3.05, 3.63) is 35.4 Å². The zero-order chi connectivity index (χ0) is 13.2. The SMILES string of the molecule is Cc1ccccc1CS(=O)(=O)CC(=O)NC1CC1. The molecule has 0 radical (unpaired) electrons. The van der Waals surface area contributed by atoms with E-state index in [9.17, 15) is 13.2 Å². The number of hydrogen-bond donors (Lipinski definition) is 1. The fourth-order valence-corrected chi connectivity index (χ4v) is 3.14. The second-order valence-electron chi connectivity index (χ2n) is 4.80. The van der Waals surface area contributed by atoms with Crippen molar-refractivity contribution < 1.29 is 13.2 Å². The number of benzene rings is 1. The van der Waals surface area contributed by atoms with Crippen LogP contribution in [0.3, 0.4) is 0 Å². The number of nitrogens with one attached hydrogen (secondary N) is 1. The quantitative estimate of drug-likeness (QED) is 0.871. The highest BCUT2D eigenvalue weighted by molar-refractivity contribution is 7.91. The van der Waals surface area contributed by atoms with Crippen molar-refractivity contribution in [1.29, 1.82) is 0 Å². The van der Waals surface area contributed by atoms with Crippen LogP contribution >= 0.6 is 0 Å². The predicted octanol–water partition coefficient (Wildman–Crippen LogP) is 1.19. The minimum absolute atomic E-state index is 0.0717. The molecule has 1 N–H and O–H groups in total. The molecule has 5 heteroatoms. The van der Waals surface area contributed by atoms with E-state index in [4.69, 9.17) is 0 Å². The maximum absolute atomic E-state index is 11.9. The first-order valence-corrected chi connectivity index (χ1v) is 7.83. The summed E-state index contributed by atoms with van der Waals surface area (Å²) in [6.07, 6.45) is 1.92. The Balaban J connectivity index is 1.98. The zero-order valence-corrected chi connectivity index (χ0v) is 11.2. The molecule has 0 unspecified atom stereocenters. The molecule has 1 aromatic carbocycles. The lowest BCUT2D eigenvalue weighted by Crippen LogP contribution is -2.32. The number of carbonyl (C=O) groups excluding carboxylic acids is 1. The van der Waals surface area contributed by atoms with E-state index in [1.54, 1.807) is 6.07 Å². The highest BCUT2D eigenvalue weighted by Crippen LogP contribution is 2.18. The third-order valence-corrected chi connectivity index (χ3v) is 4.38. The minimum Gasteiger partial charge on any atom is -0.352 e. The Hall–Kier alpha value is -1.36. The molecule has 0 aromatic heterocycles. The smallest absolute Gasteiger partial charge is 0.235 e. The number of sulfone groups is 1. The highest BCUT2D eigenvalue weighted by Gasteiger charge is 2.26. The molecular formula is C13H17NO3S. The first-order valence-electron chi connectivity index (χ1n) is 6.00. The molecule has 98 valence electrons. The van der Waals surface area contributed by atoms with Gasteiger partial charge in [-0.15, -0.1) is 0 Å². The fraction of sp³-hybridized carbons (Fsp3) is 0.462. The first-order chi connectivity index (χ1) is 8.46. The van der Waals surface area contributed by atoms with Gasteiger partial charge in [0, 0.05) is 6.04 Å². The molecule has 1 fully saturated rings. The highest BCUT2D eigenvalue weighted by atomic mass is 32.2. The van der Waals surface area contributed by atoms with Gasteiger partial charge in [0.05, 0.1) is 5.75 Å². The number of aryl methyl sites for hydroxylation is 1. The normalized spacial score (nSPS) is 15.4. The molecule has 0 aliphatic heterocycles. The summed E-state index contributed by atoms with van der Waals surface area (Å²) in [5, 5.41) is 2.69. The Morgan fingerprint density at radius 3 is 2.61 bits per heavy atom. The lowest BCUT2D eigenvalue weighted by atomic mass is 10.1. The van der Waals surface area contributed by atoms with E-state index >= 15 is 0 Å². The maximum atomic E-state index is 11.9. The molecule has 1 saturated carbocycles. The van der Waals surface area contributed by atoms with Gasteiger partial charge in [0.2, 0.25) is 5.91 Å². The Bertz CT molecular complexity index is 547. The van der Waals surface area contributed by atoms with E-state index < -0.39 is 15.6 Å². The molecule has 4 nitrogen and oxygen atoms in total. The van der Waals surface area contributed by atoms with E-state index in [0.717, 1.165) is 24.0 Å². The third-order valence-electron chi connectivity index (χ3n) is 2.93. The van der Waals surface area contributed by atoms with Gasteiger partial charge in [-0.1, -0.05) is 24.3 Å². The molecule has 1 aromatic rings. The molecule has 1 aliphatic carbocycles. The van der Waals surface area contributed by atoms with Gasteiger partial charge in [-0.05, 0) is 30.9 Å². The number of hydrogen-bond acceptors (Lipinski definition) is 3. The molecular weight excluding hydrogens is 250 g/mol. The molecule has 0 atom stereocenters. The van der Waals surface area contributed by atoms with Crippen LogP contribution in [0.1, 0.15) is 24.0 Å². The minimum atomic E-state index is -3.39. The standard InChI is InChI=1S/C13H17NO3S/c1-10-4-2-3-5-11(10)8-18(16,17)9-13(15)14-12-6-7-12/h2-5,12H,6-9H2,1H3,(H,14,15). The van der Waals surface area contributed by atoms with Gasteiger partial charge in [-0.3, -0.25) is 4.79 Å². The van der Waals surface area contributed by atoms with Crippen molar-refractivity contribution in [1.82, 2.24) is 5.32 Å². The van der Waals surface area contributed by atoms with Crippen LogP contribution < -0.4 is 5.32 Å². The van der Waals surface area contributed by atoms with Crippen molar-refractivity contribution in [2.75, 3.05) is 5.75 Å². The Labute approximate surface area is 107 Å². The van der Waals surface area contributed by atoms with Gasteiger partial charge >= 0.3 is 0 Å². The predicted molar refractivity (Wildman–Crippen MR) is 69.8 cm³/mol. The van der Waals surface area contributed by atoms with Crippen molar-refractivity contribution in [3.63, 3.8) is 0 Å². The van der Waals surface area contributed by atoms with Gasteiger partial charge < -0.3 is 5.32 Å². The van der Waals surface area contributed by atoms with Crippen LogP contribution in [0, 0.1) is 6.92 Å². The van der Waals surface area contributed by atoms with Crippen LogP contribution in [0.25, 0.3) is 0 Å². The summed E-state index contributed by atoms with van der Waals surface area (Å²) in [5.74, 6) is -0.874. The largest absolute Gasteiger partial charge is 0.352 e. The molecule has 18 heavy (non-hydrogen) atoms. The molecule has 0 spiro atoms. The van der Waals surface area contributed by atoms with E-state index in [0.29, 0.717) is 0 Å². The Morgan fingerprint density at radius 1 is 1.33 bits per heavy atom. The molecule has 2 rings (SSSR count). The van der Waals surface area contributed by atoms with Crippen LogP contribution in [0.15, 0.2) is 24.3 Å². The van der Waals surface area contributed by atoms with Crippen LogP contribution in [-0.2, 0) is 20.4 Å². The van der Waals surface area contributed by atoms with Gasteiger partial charge in [-0.25, -0.2) is 8.42 Å². The van der Waals surface area contributed by atoms with Gasteiger partial charge in [0.1, 0.15) is 5.75 Å². The lowest BCUT2D eigenvalue weighted by Gasteiger charge is -2.07. The Morgan fingerprint density at radius 2 is 2.00 bits per heavy atom. The monoisotopic (exact) mass is 267 g/mol. The molecule has 1 amide bonds. The number of carbonyl (C=O) groups is 1. The van der Waals surface area contributed by atoms with Crippen molar-refractivity contribution >= 4 is 15.7 Å². The van der Waals surface area contributed by atoms with Crippen LogP contribution in [0.2, 0.25) is 0 Å². The molecule has 1 aliphatic rings. The summed E-state index contributed by atoms with van der Waals surface area (Å²) in [6, 6.07) is 7.53. The summed E-state index contributed by atoms with van der Waals surface area (Å²) < 4.78 is 23.8. The summed E-state index contributed by atoms with van der Waals surface area (Å²) >= 11 is 0. The van der Waals surface area contributed by atoms with E-state index in [1.165, 1.54) is 0 Å². The number of amides is 1. The average molecular weight is 267 g/mol. The van der Waals surface area contributed by atoms with Crippen molar-refractivity contribution in [2.45, 2.75) is 31.6 Å². The average Bonchev–Trinajstić information content (AvgIpc) is 3.04. The van der Waals surface area contributed by atoms with Crippen LogP contribution in [0.5, 0.6) is 0 Å². The summed E-state index contributed by atoms with van der Waals surface area (Å²) in [7, 11) is -3.39. The zero-order valence-electron chi connectivity index (χ0n) is 10.3. The second kappa shape index (κ2) is 5.10. The first kappa shape index (κ1) is 13.1. The molecule has 0 bridgehead atoms. The summed E-state index contributed by atoms with van der Waals surface area (Å²) in [4.78, 5) is 11.5. The topological polar surface area (TPSA) is 63.2 Å². The summed E-state index contributed by atoms with van der Waals surface area (Å²) in [5.41, 5.74) is 1.69. The van der Waals surface area contributed by atoms with Crippen LogP contribution in [0.4, 0.5) is 0 Å². The Kier molecular flexibility index (Phi) is 3.71. The van der Waals surface area contributed by atoms with Gasteiger partial charge in [0.25, 0.3) is 0 Å². The van der Waals surface area contributed by atoms with Crippen molar-refractivity contribution in [3.8, 4) is 0 Å². The van der Waals surface area contributed by atoms with Crippen molar-refractivity contribution in [2.24, 2.45) is 0 Å². The lowest BCUT2D eigenvalue weighted by molar-refractivity contribution is -0.118. The van der Waals surface area contributed by atoms with Crippen LogP contribution in [-0.4, -0.2) is 26.1 Å². The van der Waals surface area contributed by atoms with E-state index in [1.807, 2.05) is 25.1 Å². The van der Waals surface area contributed by atoms with E-state index in [2.05, 4.69) is 5.32 Å². The second-order valence-corrected chi connectivity index (χ2v) is 6.87. The fourth-order valence-electron chi connectivity index (χ4n) is 1.76. The maximum Gasteiger partial charge on any atom is 0.235 e. The third kappa shape index (κ3) is 3.84. The van der Waals surface area contributed by atoms with Gasteiger partial charge in [0.15, 0.2) is 9.84 Å².